The van der Waals surface area contributed by atoms with Gasteiger partial charge in [-0.3, -0.25) is 28.8 Å². The number of nitrogens with one attached hydrogen (secondary N) is 7. The molecule has 0 fully saturated rings. The lowest BCUT2D eigenvalue weighted by Crippen LogP contribution is -2.60. The summed E-state index contributed by atoms with van der Waals surface area (Å²) in [5, 5.41) is 51.7. The number of aromatic nitrogens is 4. The number of nitrogens with two attached hydrogens (primary N) is 1. The standard InChI is InChI=1S/C40H50N10O11S/c1-62-13-12-28(41)35(55)47-31(16-24-18-42-20-44-24)38(58)48-30(14-22-2-6-26(51)7-3-22)37(57)46-29(10-11-34(53)54)36(56)49-32(17-25-19-43-21-45-25)39(59)50-33(40(60)61)15-23-4-8-27(52)9-5-23/h2-9,18-21,28-33,51-52H,10-17,41H2,1H3,(H,42,44)(H,43,45)(H,46,57)(H,47,55)(H,48,58)(H,49,56)(H,50,59)(H,53,54)(H,60,61)/t28-,29-,30-,31-,32-,33-/m0/s1. The Morgan fingerprint density at radius 2 is 1.00 bits per heavy atom. The number of aliphatic carboxylic acids is 2. The highest BCUT2D eigenvalue weighted by atomic mass is 32.2. The number of carbonyl (C=O) groups is 7. The highest BCUT2D eigenvalue weighted by molar-refractivity contribution is 7.98. The van der Waals surface area contributed by atoms with E-state index in [1.54, 1.807) is 0 Å². The van der Waals surface area contributed by atoms with Crippen LogP contribution in [0.25, 0.3) is 0 Å². The predicted octanol–water partition coefficient (Wildman–Crippen LogP) is -0.732. The highest BCUT2D eigenvalue weighted by Gasteiger charge is 2.34. The van der Waals surface area contributed by atoms with Crippen LogP contribution in [0.2, 0.25) is 0 Å². The second-order valence-electron chi connectivity index (χ2n) is 14.3. The van der Waals surface area contributed by atoms with Crippen molar-refractivity contribution < 1.29 is 54.0 Å². The molecule has 0 unspecified atom stereocenters. The molecule has 332 valence electrons. The normalized spacial score (nSPS) is 13.9. The van der Waals surface area contributed by atoms with Gasteiger partial charge >= 0.3 is 11.9 Å². The third-order valence-electron chi connectivity index (χ3n) is 9.47. The number of rotatable bonds is 25. The minimum atomic E-state index is -1.61. The summed E-state index contributed by atoms with van der Waals surface area (Å²) in [6.45, 7) is 0. The molecule has 0 bridgehead atoms. The van der Waals surface area contributed by atoms with Gasteiger partial charge < -0.3 is 62.7 Å². The van der Waals surface area contributed by atoms with Gasteiger partial charge in [-0.15, -0.1) is 0 Å². The molecule has 2 aromatic heterocycles. The molecule has 0 aliphatic rings. The average molecular weight is 879 g/mol. The van der Waals surface area contributed by atoms with Crippen LogP contribution in [0.5, 0.6) is 11.5 Å². The first kappa shape index (κ1) is 47.7. The van der Waals surface area contributed by atoms with Crippen molar-refractivity contribution in [1.29, 1.82) is 0 Å². The minimum Gasteiger partial charge on any atom is -0.508 e. The number of aromatic hydroxyl groups is 2. The maximum Gasteiger partial charge on any atom is 0.326 e. The van der Waals surface area contributed by atoms with Gasteiger partial charge in [0.15, 0.2) is 0 Å². The van der Waals surface area contributed by atoms with E-state index in [4.69, 9.17) is 5.73 Å². The molecule has 62 heavy (non-hydrogen) atoms. The first-order chi connectivity index (χ1) is 29.6. The van der Waals surface area contributed by atoms with Crippen molar-refractivity contribution in [2.75, 3.05) is 12.0 Å². The second kappa shape index (κ2) is 23.7. The molecule has 0 saturated heterocycles. The van der Waals surface area contributed by atoms with Crippen LogP contribution < -0.4 is 32.3 Å². The van der Waals surface area contributed by atoms with Gasteiger partial charge in [0.05, 0.1) is 18.7 Å². The van der Waals surface area contributed by atoms with Crippen LogP contribution in [0, 0.1) is 0 Å². The van der Waals surface area contributed by atoms with E-state index in [9.17, 15) is 54.0 Å². The lowest BCUT2D eigenvalue weighted by Gasteiger charge is -2.27. The number of benzene rings is 2. The largest absolute Gasteiger partial charge is 0.508 e. The number of hydrogen-bond acceptors (Lipinski definition) is 13. The van der Waals surface area contributed by atoms with Gasteiger partial charge in [0.2, 0.25) is 29.5 Å². The van der Waals surface area contributed by atoms with Crippen molar-refractivity contribution in [3.63, 3.8) is 0 Å². The fourth-order valence-electron chi connectivity index (χ4n) is 6.08. The summed E-state index contributed by atoms with van der Waals surface area (Å²) in [6, 6.07) is 3.13. The summed E-state index contributed by atoms with van der Waals surface area (Å²) in [7, 11) is 0. The summed E-state index contributed by atoms with van der Waals surface area (Å²) in [4.78, 5) is 107. The van der Waals surface area contributed by atoms with E-state index in [0.717, 1.165) is 0 Å². The second-order valence-corrected chi connectivity index (χ2v) is 15.3. The van der Waals surface area contributed by atoms with Crippen LogP contribution in [0.3, 0.4) is 0 Å². The van der Waals surface area contributed by atoms with Gasteiger partial charge in [-0.25, -0.2) is 14.8 Å². The lowest BCUT2D eigenvalue weighted by atomic mass is 10.0. The molecule has 2 heterocycles. The van der Waals surface area contributed by atoms with Crippen LogP contribution in [0.15, 0.2) is 73.6 Å². The number of hydrogen-bond donors (Lipinski definition) is 12. The molecule has 0 spiro atoms. The third-order valence-corrected chi connectivity index (χ3v) is 10.1. The predicted molar refractivity (Wildman–Crippen MR) is 223 cm³/mol. The zero-order valence-electron chi connectivity index (χ0n) is 33.6. The van der Waals surface area contributed by atoms with Crippen LogP contribution in [-0.4, -0.2) is 130 Å². The number of amides is 5. The number of carboxylic acids is 2. The van der Waals surface area contributed by atoms with Crippen LogP contribution in [-0.2, 0) is 59.2 Å². The van der Waals surface area contributed by atoms with Crippen molar-refractivity contribution in [3.05, 3.63) is 96.1 Å². The monoisotopic (exact) mass is 878 g/mol. The van der Waals surface area contributed by atoms with Gasteiger partial charge in [-0.1, -0.05) is 24.3 Å². The average Bonchev–Trinajstić information content (AvgIpc) is 3.96. The van der Waals surface area contributed by atoms with E-state index in [2.05, 4.69) is 46.5 Å². The topological polar surface area (TPSA) is 344 Å². The molecular formula is C40H50N10O11S. The van der Waals surface area contributed by atoms with Crippen LogP contribution in [0.1, 0.15) is 41.8 Å². The quantitative estimate of drug-likeness (QED) is 0.0391. The summed E-state index contributed by atoms with van der Waals surface area (Å²) in [6.07, 6.45) is 5.90. The number of aromatic amines is 2. The molecule has 0 saturated carbocycles. The van der Waals surface area contributed by atoms with E-state index in [0.29, 0.717) is 34.7 Å². The maximum absolute atomic E-state index is 14.2. The number of H-pyrrole nitrogens is 2. The molecular weight excluding hydrogens is 829 g/mol. The van der Waals surface area contributed by atoms with E-state index < -0.39 is 90.6 Å². The molecule has 22 heteroatoms. The zero-order valence-corrected chi connectivity index (χ0v) is 34.4. The molecule has 21 nitrogen and oxygen atoms in total. The van der Waals surface area contributed by atoms with Gasteiger partial charge in [0.1, 0.15) is 41.7 Å². The Bertz CT molecular complexity index is 2100. The van der Waals surface area contributed by atoms with Crippen molar-refractivity contribution >= 4 is 53.2 Å². The molecule has 0 aliphatic heterocycles. The lowest BCUT2D eigenvalue weighted by molar-refractivity contribution is -0.142. The Morgan fingerprint density at radius 3 is 1.42 bits per heavy atom. The summed E-state index contributed by atoms with van der Waals surface area (Å²) >= 11 is 1.48. The molecule has 13 N–H and O–H groups in total. The summed E-state index contributed by atoms with van der Waals surface area (Å²) in [5.41, 5.74) is 7.84. The zero-order chi connectivity index (χ0) is 45.2. The number of phenols is 2. The fourth-order valence-corrected chi connectivity index (χ4v) is 6.57. The first-order valence-electron chi connectivity index (χ1n) is 19.3. The van der Waals surface area contributed by atoms with Gasteiger partial charge in [0.25, 0.3) is 0 Å². The number of carboxylic acid groups (broad SMARTS) is 2. The molecule has 0 aliphatic carbocycles. The van der Waals surface area contributed by atoms with Crippen LogP contribution in [0.4, 0.5) is 0 Å². The Balaban J connectivity index is 1.60. The molecule has 4 rings (SSSR count). The number of imidazole rings is 2. The SMILES string of the molecule is CSCC[C@H](N)C(=O)N[C@@H](Cc1cnc[nH]1)C(=O)N[C@@H](Cc1ccc(O)cc1)C(=O)N[C@@H](CCC(=O)O)C(=O)N[C@@H](Cc1cnc[nH]1)C(=O)N[C@@H](Cc1ccc(O)cc1)C(=O)O. The van der Waals surface area contributed by atoms with Gasteiger partial charge in [-0.2, -0.15) is 11.8 Å². The van der Waals surface area contributed by atoms with Crippen LogP contribution >= 0.6 is 11.8 Å². The van der Waals surface area contributed by atoms with E-state index in [1.165, 1.54) is 85.3 Å². The van der Waals surface area contributed by atoms with E-state index >= 15 is 0 Å². The Morgan fingerprint density at radius 1 is 0.597 bits per heavy atom. The Labute approximate surface area is 359 Å². The van der Waals surface area contributed by atoms with Crippen molar-refractivity contribution in [1.82, 2.24) is 46.5 Å². The number of nitrogens with zero attached hydrogens (tertiary/aromatic N) is 2. The first-order valence-corrected chi connectivity index (χ1v) is 20.7. The van der Waals surface area contributed by atoms with E-state index in [1.807, 2.05) is 6.26 Å². The number of carbonyl (C=O) groups excluding carboxylic acids is 5. The molecule has 2 aromatic carbocycles. The van der Waals surface area contributed by atoms with Crippen molar-refractivity contribution in [3.8, 4) is 11.5 Å². The number of thioether (sulfide) groups is 1. The molecule has 5 amide bonds. The van der Waals surface area contributed by atoms with Crippen molar-refractivity contribution in [2.24, 2.45) is 5.73 Å². The molecule has 4 aromatic rings. The third kappa shape index (κ3) is 15.6. The van der Waals surface area contributed by atoms with E-state index in [-0.39, 0.29) is 37.2 Å². The maximum atomic E-state index is 14.2. The summed E-state index contributed by atoms with van der Waals surface area (Å²) in [5.74, 6) is -6.58. The molecule has 0 radical (unpaired) electrons. The fraction of sp³-hybridized carbons (Fsp3) is 0.375. The smallest absolute Gasteiger partial charge is 0.326 e. The van der Waals surface area contributed by atoms with Gasteiger partial charge in [-0.05, 0) is 60.2 Å². The summed E-state index contributed by atoms with van der Waals surface area (Å²) < 4.78 is 0. The Kier molecular flexibility index (Phi) is 18.3. The number of phenolic OH excluding ortho intramolecular Hbond substituents is 2. The molecule has 6 atom stereocenters. The van der Waals surface area contributed by atoms with Gasteiger partial charge in [0, 0.05) is 55.9 Å². The highest BCUT2D eigenvalue weighted by Crippen LogP contribution is 2.14. The minimum absolute atomic E-state index is 0.0497. The van der Waals surface area contributed by atoms with Crippen molar-refractivity contribution in [2.45, 2.75) is 81.2 Å². The Hall–Kier alpha value is -6.94.